The van der Waals surface area contributed by atoms with E-state index in [0.717, 1.165) is 22.0 Å². The Labute approximate surface area is 118 Å². The number of benzene rings is 2. The topological polar surface area (TPSA) is 25.2 Å². The molecule has 0 unspecified atom stereocenters. The fourth-order valence-electron chi connectivity index (χ4n) is 2.41. The van der Waals surface area contributed by atoms with Gasteiger partial charge >= 0.3 is 0 Å². The molecule has 0 saturated heterocycles. The number of carbonyl (C=O) groups is 1. The van der Waals surface area contributed by atoms with Gasteiger partial charge in [0.25, 0.3) is 0 Å². The lowest BCUT2D eigenvalue weighted by Crippen LogP contribution is -2.33. The van der Waals surface area contributed by atoms with Crippen LogP contribution in [0.3, 0.4) is 0 Å². The third-order valence-corrected chi connectivity index (χ3v) is 3.56. The van der Waals surface area contributed by atoms with Crippen molar-refractivity contribution in [2.45, 2.75) is 6.92 Å². The van der Waals surface area contributed by atoms with Gasteiger partial charge in [0.1, 0.15) is 0 Å². The van der Waals surface area contributed by atoms with Crippen molar-refractivity contribution in [3.8, 4) is 11.1 Å². The lowest BCUT2D eigenvalue weighted by Gasteiger charge is -2.17. The minimum atomic E-state index is 0.00497. The molecule has 100 valence electrons. The van der Waals surface area contributed by atoms with E-state index < -0.39 is 0 Å². The monoisotopic (exact) mass is 264 g/mol. The molecule has 0 atom stereocenters. The first-order chi connectivity index (χ1) is 9.68. The molecule has 0 saturated carbocycles. The maximum absolute atomic E-state index is 11.6. The van der Waals surface area contributed by atoms with Crippen LogP contribution in [-0.2, 0) is 4.79 Å². The molecule has 3 nitrogen and oxygen atoms in total. The molecule has 1 amide bonds. The van der Waals surface area contributed by atoms with Crippen molar-refractivity contribution in [3.63, 3.8) is 0 Å². The molecule has 0 aliphatic heterocycles. The minimum Gasteiger partial charge on any atom is -0.273 e. The average molecular weight is 264 g/mol. The Bertz CT molecular complexity index is 759. The lowest BCUT2D eigenvalue weighted by atomic mass is 10.1. The second-order valence-electron chi connectivity index (χ2n) is 4.81. The zero-order chi connectivity index (χ0) is 14.1. The van der Waals surface area contributed by atoms with E-state index in [2.05, 4.69) is 18.2 Å². The van der Waals surface area contributed by atoms with Crippen molar-refractivity contribution >= 4 is 16.8 Å². The van der Waals surface area contributed by atoms with E-state index in [9.17, 15) is 4.79 Å². The largest absolute Gasteiger partial charge is 0.273 e. The normalized spacial score (nSPS) is 10.7. The van der Waals surface area contributed by atoms with Gasteiger partial charge in [-0.25, -0.2) is 0 Å². The Hall–Kier alpha value is -2.55. The molecule has 0 fully saturated rings. The maximum Gasteiger partial charge on any atom is 0.237 e. The zero-order valence-corrected chi connectivity index (χ0v) is 11.6. The quantitative estimate of drug-likeness (QED) is 0.696. The number of fused-ring (bicyclic) bond motifs is 1. The maximum atomic E-state index is 11.6. The fraction of sp³-hybridized carbons (Fsp3) is 0.118. The predicted octanol–water partition coefficient (Wildman–Crippen LogP) is 3.42. The molecular formula is C17H16N2O. The van der Waals surface area contributed by atoms with Crippen LogP contribution in [-0.4, -0.2) is 17.6 Å². The Morgan fingerprint density at radius 3 is 2.35 bits per heavy atom. The molecule has 0 aliphatic carbocycles. The Balaban J connectivity index is 2.27. The first-order valence-corrected chi connectivity index (χ1v) is 6.58. The van der Waals surface area contributed by atoms with Crippen molar-refractivity contribution in [2.75, 3.05) is 12.1 Å². The van der Waals surface area contributed by atoms with Crippen LogP contribution in [0.5, 0.6) is 0 Å². The first kappa shape index (κ1) is 12.5. The highest BCUT2D eigenvalue weighted by atomic mass is 16.2. The summed E-state index contributed by atoms with van der Waals surface area (Å²) in [6, 6.07) is 18.3. The zero-order valence-electron chi connectivity index (χ0n) is 11.6. The average Bonchev–Trinajstić information content (AvgIpc) is 2.87. The third-order valence-electron chi connectivity index (χ3n) is 3.56. The van der Waals surface area contributed by atoms with E-state index >= 15 is 0 Å². The highest BCUT2D eigenvalue weighted by Crippen LogP contribution is 2.30. The summed E-state index contributed by atoms with van der Waals surface area (Å²) < 4.78 is 1.90. The van der Waals surface area contributed by atoms with E-state index in [0.29, 0.717) is 0 Å². The SMILES string of the molecule is CC(=O)N(C)n1cc(-c2ccccc2)c2ccccc21. The summed E-state index contributed by atoms with van der Waals surface area (Å²) in [5, 5.41) is 2.76. The van der Waals surface area contributed by atoms with Crippen LogP contribution in [0, 0.1) is 0 Å². The molecule has 0 bridgehead atoms. The fourth-order valence-corrected chi connectivity index (χ4v) is 2.41. The molecule has 1 aromatic heterocycles. The van der Waals surface area contributed by atoms with Crippen molar-refractivity contribution in [2.24, 2.45) is 0 Å². The van der Waals surface area contributed by atoms with Gasteiger partial charge in [-0.2, -0.15) is 0 Å². The summed E-state index contributed by atoms with van der Waals surface area (Å²) in [6.45, 7) is 1.57. The highest BCUT2D eigenvalue weighted by molar-refractivity contribution is 5.97. The van der Waals surface area contributed by atoms with Crippen molar-refractivity contribution in [3.05, 3.63) is 60.8 Å². The van der Waals surface area contributed by atoms with Gasteiger partial charge in [0.2, 0.25) is 5.91 Å². The summed E-state index contributed by atoms with van der Waals surface area (Å²) in [4.78, 5) is 11.6. The van der Waals surface area contributed by atoms with Crippen molar-refractivity contribution in [1.29, 1.82) is 0 Å². The van der Waals surface area contributed by atoms with Crippen LogP contribution in [0.25, 0.3) is 22.0 Å². The molecule has 0 radical (unpaired) electrons. The van der Waals surface area contributed by atoms with Gasteiger partial charge in [0.15, 0.2) is 0 Å². The van der Waals surface area contributed by atoms with Gasteiger partial charge in [-0.05, 0) is 11.6 Å². The summed E-state index contributed by atoms with van der Waals surface area (Å²) in [5.41, 5.74) is 3.32. The number of para-hydroxylation sites is 1. The lowest BCUT2D eigenvalue weighted by molar-refractivity contribution is -0.117. The number of aromatic nitrogens is 1. The Kier molecular flexibility index (Phi) is 3.03. The van der Waals surface area contributed by atoms with Gasteiger partial charge in [-0.15, -0.1) is 0 Å². The summed E-state index contributed by atoms with van der Waals surface area (Å²) in [5.74, 6) is 0.00497. The van der Waals surface area contributed by atoms with Crippen LogP contribution in [0.4, 0.5) is 0 Å². The molecule has 3 heteroatoms. The van der Waals surface area contributed by atoms with Crippen LogP contribution in [0.15, 0.2) is 60.8 Å². The Morgan fingerprint density at radius 2 is 1.65 bits per heavy atom. The number of carbonyl (C=O) groups excluding carboxylic acids is 1. The van der Waals surface area contributed by atoms with Gasteiger partial charge in [0.05, 0.1) is 5.52 Å². The van der Waals surface area contributed by atoms with Gasteiger partial charge in [0, 0.05) is 31.1 Å². The molecule has 0 N–H and O–H groups in total. The van der Waals surface area contributed by atoms with E-state index in [4.69, 9.17) is 0 Å². The predicted molar refractivity (Wildman–Crippen MR) is 82.2 cm³/mol. The summed E-state index contributed by atoms with van der Waals surface area (Å²) in [7, 11) is 1.78. The van der Waals surface area contributed by atoms with E-state index in [1.165, 1.54) is 0 Å². The molecule has 20 heavy (non-hydrogen) atoms. The Morgan fingerprint density at radius 1 is 1.00 bits per heavy atom. The van der Waals surface area contributed by atoms with Crippen LogP contribution in [0.2, 0.25) is 0 Å². The molecule has 0 spiro atoms. The number of nitrogens with zero attached hydrogens (tertiary/aromatic N) is 2. The molecule has 3 rings (SSSR count). The number of hydrogen-bond acceptors (Lipinski definition) is 1. The van der Waals surface area contributed by atoms with E-state index in [1.807, 2.05) is 47.3 Å². The van der Waals surface area contributed by atoms with E-state index in [1.54, 1.807) is 19.0 Å². The molecule has 2 aromatic carbocycles. The van der Waals surface area contributed by atoms with Crippen LogP contribution < -0.4 is 5.01 Å². The molecule has 0 aliphatic rings. The molecule has 3 aromatic rings. The first-order valence-electron chi connectivity index (χ1n) is 6.58. The van der Waals surface area contributed by atoms with Crippen molar-refractivity contribution in [1.82, 2.24) is 4.68 Å². The highest BCUT2D eigenvalue weighted by Gasteiger charge is 2.13. The van der Waals surface area contributed by atoms with Crippen molar-refractivity contribution < 1.29 is 4.79 Å². The summed E-state index contributed by atoms with van der Waals surface area (Å²) in [6.07, 6.45) is 2.02. The minimum absolute atomic E-state index is 0.00497. The standard InChI is InChI=1S/C17H16N2O/c1-13(20)18(2)19-12-16(14-8-4-3-5-9-14)15-10-6-7-11-17(15)19/h3-12H,1-2H3. The molecular weight excluding hydrogens is 248 g/mol. The summed E-state index contributed by atoms with van der Waals surface area (Å²) >= 11 is 0. The van der Waals surface area contributed by atoms with Gasteiger partial charge < -0.3 is 0 Å². The second kappa shape index (κ2) is 4.85. The number of amides is 1. The molecule has 1 heterocycles. The van der Waals surface area contributed by atoms with Gasteiger partial charge in [-0.1, -0.05) is 48.5 Å². The number of hydrogen-bond donors (Lipinski definition) is 0. The smallest absolute Gasteiger partial charge is 0.237 e. The van der Waals surface area contributed by atoms with Crippen LogP contribution in [0.1, 0.15) is 6.92 Å². The van der Waals surface area contributed by atoms with Crippen LogP contribution >= 0.6 is 0 Å². The van der Waals surface area contributed by atoms with Gasteiger partial charge in [-0.3, -0.25) is 14.5 Å². The third kappa shape index (κ3) is 1.97. The second-order valence-corrected chi connectivity index (χ2v) is 4.81. The number of rotatable bonds is 2. The van der Waals surface area contributed by atoms with E-state index in [-0.39, 0.29) is 5.91 Å².